The van der Waals surface area contributed by atoms with Gasteiger partial charge in [0, 0.05) is 27.5 Å². The van der Waals surface area contributed by atoms with Crippen molar-refractivity contribution in [2.75, 3.05) is 0 Å². The van der Waals surface area contributed by atoms with Gasteiger partial charge in [-0.05, 0) is 68.1 Å². The van der Waals surface area contributed by atoms with E-state index in [0.29, 0.717) is 17.5 Å². The zero-order valence-electron chi connectivity index (χ0n) is 27.5. The second-order valence-electron chi connectivity index (χ2n) is 12.8. The lowest BCUT2D eigenvalue weighted by Gasteiger charge is -2.10. The summed E-state index contributed by atoms with van der Waals surface area (Å²) in [5.41, 5.74) is 9.04. The molecule has 4 heteroatoms. The Balaban J connectivity index is 1.09. The first-order valence-corrected chi connectivity index (χ1v) is 17.1. The Morgan fingerprint density at radius 3 is 1.63 bits per heavy atom. The van der Waals surface area contributed by atoms with Gasteiger partial charge in [-0.3, -0.25) is 0 Å². The molecule has 0 aliphatic carbocycles. The topological polar surface area (TPSA) is 51.8 Å². The van der Waals surface area contributed by atoms with E-state index >= 15 is 0 Å². The van der Waals surface area contributed by atoms with E-state index in [1.807, 2.05) is 42.5 Å². The first-order chi connectivity index (χ1) is 25.2. The van der Waals surface area contributed by atoms with E-state index in [2.05, 4.69) is 133 Å². The fourth-order valence-corrected chi connectivity index (χ4v) is 7.18. The molecule has 0 aliphatic rings. The van der Waals surface area contributed by atoms with Crippen molar-refractivity contribution in [3.05, 3.63) is 176 Å². The predicted octanol–water partition coefficient (Wildman–Crippen LogP) is 12.4. The molecule has 51 heavy (non-hydrogen) atoms. The third-order valence-corrected chi connectivity index (χ3v) is 9.73. The van der Waals surface area contributed by atoms with Gasteiger partial charge in [0.15, 0.2) is 17.5 Å². The van der Waals surface area contributed by atoms with E-state index in [4.69, 9.17) is 19.4 Å². The Morgan fingerprint density at radius 2 is 0.863 bits per heavy atom. The molecule has 0 atom stereocenters. The maximum absolute atomic E-state index is 6.51. The number of furan rings is 1. The molecule has 10 aromatic rings. The van der Waals surface area contributed by atoms with Gasteiger partial charge in [0.25, 0.3) is 0 Å². The van der Waals surface area contributed by atoms with Gasteiger partial charge in [0.2, 0.25) is 0 Å². The van der Waals surface area contributed by atoms with Crippen LogP contribution in [0.2, 0.25) is 0 Å². The van der Waals surface area contributed by atoms with E-state index in [9.17, 15) is 0 Å². The van der Waals surface area contributed by atoms with Crippen LogP contribution in [-0.2, 0) is 0 Å². The Bertz CT molecular complexity index is 2900. The van der Waals surface area contributed by atoms with E-state index < -0.39 is 0 Å². The molecule has 4 nitrogen and oxygen atoms in total. The van der Waals surface area contributed by atoms with Crippen LogP contribution in [0, 0.1) is 0 Å². The van der Waals surface area contributed by atoms with Gasteiger partial charge >= 0.3 is 0 Å². The monoisotopic (exact) mass is 651 g/mol. The van der Waals surface area contributed by atoms with Crippen LogP contribution < -0.4 is 0 Å². The first kappa shape index (κ1) is 29.0. The lowest BCUT2D eigenvalue weighted by Crippen LogP contribution is -2.00. The lowest BCUT2D eigenvalue weighted by atomic mass is 9.96. The summed E-state index contributed by atoms with van der Waals surface area (Å²) in [6.45, 7) is 0. The molecule has 8 aromatic carbocycles. The Morgan fingerprint density at radius 1 is 0.314 bits per heavy atom. The summed E-state index contributed by atoms with van der Waals surface area (Å²) < 4.78 is 6.51. The van der Waals surface area contributed by atoms with Crippen molar-refractivity contribution < 1.29 is 4.42 Å². The molecule has 0 amide bonds. The molecule has 10 rings (SSSR count). The molecule has 0 radical (unpaired) electrons. The summed E-state index contributed by atoms with van der Waals surface area (Å²) in [4.78, 5) is 15.1. The van der Waals surface area contributed by atoms with Gasteiger partial charge in [0.05, 0.1) is 0 Å². The van der Waals surface area contributed by atoms with E-state index in [0.717, 1.165) is 55.1 Å². The van der Waals surface area contributed by atoms with E-state index in [-0.39, 0.29) is 0 Å². The smallest absolute Gasteiger partial charge is 0.164 e. The maximum atomic E-state index is 6.51. The van der Waals surface area contributed by atoms with Crippen LogP contribution in [0.5, 0.6) is 0 Å². The number of fused-ring (bicyclic) bond motifs is 6. The van der Waals surface area contributed by atoms with Crippen molar-refractivity contribution in [1.82, 2.24) is 15.0 Å². The quantitative estimate of drug-likeness (QED) is 0.174. The summed E-state index contributed by atoms with van der Waals surface area (Å²) in [7, 11) is 0. The van der Waals surface area contributed by atoms with Crippen molar-refractivity contribution in [3.63, 3.8) is 0 Å². The van der Waals surface area contributed by atoms with Crippen molar-refractivity contribution in [2.24, 2.45) is 0 Å². The average Bonchev–Trinajstić information content (AvgIpc) is 3.59. The minimum Gasteiger partial charge on any atom is -0.456 e. The number of hydrogen-bond donors (Lipinski definition) is 0. The largest absolute Gasteiger partial charge is 0.456 e. The molecule has 2 heterocycles. The van der Waals surface area contributed by atoms with Crippen LogP contribution in [-0.4, -0.2) is 15.0 Å². The minimum atomic E-state index is 0.594. The average molecular weight is 652 g/mol. The highest BCUT2D eigenvalue weighted by molar-refractivity contribution is 6.13. The summed E-state index contributed by atoms with van der Waals surface area (Å²) in [5, 5.41) is 6.95. The number of rotatable bonds is 5. The van der Waals surface area contributed by atoms with Crippen molar-refractivity contribution in [3.8, 4) is 56.4 Å². The molecular weight excluding hydrogens is 623 g/mol. The van der Waals surface area contributed by atoms with Gasteiger partial charge in [0.1, 0.15) is 11.2 Å². The summed E-state index contributed by atoms with van der Waals surface area (Å²) in [6.07, 6.45) is 0. The zero-order chi connectivity index (χ0) is 33.7. The molecule has 0 unspecified atom stereocenters. The molecule has 0 N–H and O–H groups in total. The zero-order valence-corrected chi connectivity index (χ0v) is 27.5. The van der Waals surface area contributed by atoms with E-state index in [1.165, 1.54) is 27.3 Å². The molecule has 0 aliphatic heterocycles. The molecular formula is C47H29N3O. The normalized spacial score (nSPS) is 11.5. The lowest BCUT2D eigenvalue weighted by molar-refractivity contribution is 0.669. The fourth-order valence-electron chi connectivity index (χ4n) is 7.18. The van der Waals surface area contributed by atoms with Crippen molar-refractivity contribution in [2.45, 2.75) is 0 Å². The van der Waals surface area contributed by atoms with Crippen molar-refractivity contribution in [1.29, 1.82) is 0 Å². The molecule has 0 bridgehead atoms. The maximum Gasteiger partial charge on any atom is 0.164 e. The minimum absolute atomic E-state index is 0.594. The summed E-state index contributed by atoms with van der Waals surface area (Å²) in [5.74, 6) is 1.84. The number of hydrogen-bond acceptors (Lipinski definition) is 4. The molecule has 238 valence electrons. The van der Waals surface area contributed by atoms with Gasteiger partial charge in [-0.2, -0.15) is 0 Å². The Hall–Kier alpha value is -6.91. The molecule has 2 aromatic heterocycles. The van der Waals surface area contributed by atoms with Gasteiger partial charge in [-0.15, -0.1) is 0 Å². The molecule has 0 saturated heterocycles. The third kappa shape index (κ3) is 5.13. The highest BCUT2D eigenvalue weighted by Gasteiger charge is 2.17. The van der Waals surface area contributed by atoms with Gasteiger partial charge in [-0.1, -0.05) is 152 Å². The fraction of sp³-hybridized carbons (Fsp3) is 0. The van der Waals surface area contributed by atoms with Crippen LogP contribution >= 0.6 is 0 Å². The molecule has 0 saturated carbocycles. The van der Waals surface area contributed by atoms with Crippen molar-refractivity contribution >= 4 is 43.5 Å². The second kappa shape index (κ2) is 11.9. The number of aromatic nitrogens is 3. The second-order valence-corrected chi connectivity index (χ2v) is 12.8. The first-order valence-electron chi connectivity index (χ1n) is 17.1. The molecule has 0 spiro atoms. The van der Waals surface area contributed by atoms with Crippen LogP contribution in [0.3, 0.4) is 0 Å². The number of nitrogens with zero attached hydrogens (tertiary/aromatic N) is 3. The predicted molar refractivity (Wildman–Crippen MR) is 209 cm³/mol. The van der Waals surface area contributed by atoms with Crippen LogP contribution in [0.25, 0.3) is 99.9 Å². The summed E-state index contributed by atoms with van der Waals surface area (Å²) in [6, 6.07) is 61.1. The standard InChI is InChI=1S/C47H29N3O/c1-3-10-30(11-4-1)31-18-20-33(21-19-31)40-16-9-17-42-44(40)41-27-25-37(29-43(41)51-42)47-49-45(34-13-5-2-6-14-34)48-46(50-47)36-24-26-39-35(28-36)23-22-32-12-7-8-15-38(32)39/h1-29H. The number of benzene rings is 8. The third-order valence-electron chi connectivity index (χ3n) is 9.73. The van der Waals surface area contributed by atoms with E-state index in [1.54, 1.807) is 0 Å². The van der Waals surface area contributed by atoms with Gasteiger partial charge < -0.3 is 4.42 Å². The summed E-state index contributed by atoms with van der Waals surface area (Å²) >= 11 is 0. The Labute approximate surface area is 294 Å². The van der Waals surface area contributed by atoms with Crippen LogP contribution in [0.15, 0.2) is 180 Å². The van der Waals surface area contributed by atoms with Crippen LogP contribution in [0.4, 0.5) is 0 Å². The van der Waals surface area contributed by atoms with Gasteiger partial charge in [-0.25, -0.2) is 15.0 Å². The van der Waals surface area contributed by atoms with Crippen LogP contribution in [0.1, 0.15) is 0 Å². The highest BCUT2D eigenvalue weighted by atomic mass is 16.3. The Kier molecular flexibility index (Phi) is 6.78. The SMILES string of the molecule is c1ccc(-c2ccc(-c3cccc4oc5cc(-c6nc(-c7ccccc7)nc(-c7ccc8c(ccc9ccccc98)c7)n6)ccc5c34)cc2)cc1. The highest BCUT2D eigenvalue weighted by Crippen LogP contribution is 2.39. The molecule has 0 fully saturated rings.